The van der Waals surface area contributed by atoms with Crippen LogP contribution in [0.2, 0.25) is 0 Å². The summed E-state index contributed by atoms with van der Waals surface area (Å²) in [6.07, 6.45) is 5.12. The number of aromatic nitrogens is 2. The summed E-state index contributed by atoms with van der Waals surface area (Å²) >= 11 is 1.66. The summed E-state index contributed by atoms with van der Waals surface area (Å²) in [5, 5.41) is 5.15. The minimum atomic E-state index is -0.0751. The van der Waals surface area contributed by atoms with Gasteiger partial charge in [-0.25, -0.2) is 4.98 Å². The Morgan fingerprint density at radius 1 is 1.12 bits per heavy atom. The second-order valence-corrected chi connectivity index (χ2v) is 9.29. The van der Waals surface area contributed by atoms with E-state index in [-0.39, 0.29) is 30.7 Å². The largest absolute Gasteiger partial charge is 0.361 e. The van der Waals surface area contributed by atoms with Crippen molar-refractivity contribution in [2.24, 2.45) is 0 Å². The molecule has 0 bridgehead atoms. The Kier molecular flexibility index (Phi) is 5.90. The van der Waals surface area contributed by atoms with Gasteiger partial charge in [-0.15, -0.1) is 11.3 Å². The van der Waals surface area contributed by atoms with Crippen molar-refractivity contribution in [2.45, 2.75) is 38.1 Å². The molecular formula is C25H26N4O2S. The number of rotatable bonds is 7. The van der Waals surface area contributed by atoms with Gasteiger partial charge in [0.1, 0.15) is 5.01 Å². The molecule has 1 aliphatic rings. The van der Waals surface area contributed by atoms with Gasteiger partial charge in [-0.05, 0) is 43.0 Å². The number of fused-ring (bicyclic) bond motifs is 2. The van der Waals surface area contributed by atoms with Crippen LogP contribution in [0, 0.1) is 0 Å². The van der Waals surface area contributed by atoms with Gasteiger partial charge in [0.05, 0.1) is 16.3 Å². The summed E-state index contributed by atoms with van der Waals surface area (Å²) in [4.78, 5) is 35.1. The van der Waals surface area contributed by atoms with Gasteiger partial charge in [0, 0.05) is 43.0 Å². The highest BCUT2D eigenvalue weighted by atomic mass is 32.1. The molecule has 164 valence electrons. The molecule has 1 fully saturated rings. The Balaban J connectivity index is 1.12. The Hall–Kier alpha value is -3.19. The molecule has 0 spiro atoms. The number of likely N-dealkylation sites (tertiary alicyclic amines) is 1. The van der Waals surface area contributed by atoms with E-state index in [1.807, 2.05) is 47.5 Å². The highest BCUT2D eigenvalue weighted by molar-refractivity contribution is 7.18. The van der Waals surface area contributed by atoms with Crippen molar-refractivity contribution in [1.29, 1.82) is 0 Å². The highest BCUT2D eigenvalue weighted by Crippen LogP contribution is 2.36. The number of carbonyl (C=O) groups is 2. The van der Waals surface area contributed by atoms with Crippen molar-refractivity contribution < 1.29 is 9.59 Å². The smallest absolute Gasteiger partial charge is 0.223 e. The predicted molar refractivity (Wildman–Crippen MR) is 128 cm³/mol. The number of hydrogen-bond acceptors (Lipinski definition) is 4. The van der Waals surface area contributed by atoms with Crippen LogP contribution in [0.5, 0.6) is 0 Å². The Labute approximate surface area is 190 Å². The van der Waals surface area contributed by atoms with Gasteiger partial charge < -0.3 is 15.2 Å². The number of amides is 2. The molecule has 0 radical (unpaired) electrons. The Bertz CT molecular complexity index is 1230. The number of carbonyl (C=O) groups excluding carboxylic acids is 2. The van der Waals surface area contributed by atoms with E-state index in [4.69, 9.17) is 4.98 Å². The lowest BCUT2D eigenvalue weighted by Crippen LogP contribution is -2.32. The standard InChI is InChI=1S/C25H26N4O2S/c30-23(26-14-13-17-16-27-19-7-2-1-6-18(17)19)11-12-24(31)29-15-5-9-21(29)25-28-20-8-3-4-10-22(20)32-25/h1-4,6-8,10,16,21,27H,5,9,11-15H2,(H,26,30)/t21-/m0/s1. The van der Waals surface area contributed by atoms with Crippen molar-refractivity contribution in [3.05, 3.63) is 65.3 Å². The molecule has 2 aromatic carbocycles. The fourth-order valence-corrected chi connectivity index (χ4v) is 5.60. The maximum Gasteiger partial charge on any atom is 0.223 e. The molecule has 4 aromatic rings. The first-order valence-corrected chi connectivity index (χ1v) is 12.0. The summed E-state index contributed by atoms with van der Waals surface area (Å²) in [6.45, 7) is 1.30. The lowest BCUT2D eigenvalue weighted by molar-refractivity contribution is -0.134. The van der Waals surface area contributed by atoms with E-state index in [2.05, 4.69) is 22.4 Å². The molecule has 0 aliphatic carbocycles. The van der Waals surface area contributed by atoms with Gasteiger partial charge in [0.25, 0.3) is 0 Å². The van der Waals surface area contributed by atoms with Gasteiger partial charge in [-0.3, -0.25) is 9.59 Å². The molecule has 7 heteroatoms. The first-order chi connectivity index (χ1) is 15.7. The molecule has 3 heterocycles. The quantitative estimate of drug-likeness (QED) is 0.436. The number of hydrogen-bond donors (Lipinski definition) is 2. The number of aromatic amines is 1. The molecule has 1 aliphatic heterocycles. The third-order valence-electron chi connectivity index (χ3n) is 6.13. The molecule has 1 saturated heterocycles. The van der Waals surface area contributed by atoms with Crippen molar-refractivity contribution >= 4 is 44.3 Å². The molecule has 2 amide bonds. The van der Waals surface area contributed by atoms with Crippen molar-refractivity contribution in [3.63, 3.8) is 0 Å². The van der Waals surface area contributed by atoms with E-state index < -0.39 is 0 Å². The van der Waals surface area contributed by atoms with Crippen LogP contribution in [0.1, 0.15) is 42.3 Å². The molecule has 6 nitrogen and oxygen atoms in total. The maximum absolute atomic E-state index is 12.9. The lowest BCUT2D eigenvalue weighted by Gasteiger charge is -2.23. The first-order valence-electron chi connectivity index (χ1n) is 11.2. The van der Waals surface area contributed by atoms with Gasteiger partial charge in [-0.1, -0.05) is 30.3 Å². The molecule has 5 rings (SSSR count). The summed E-state index contributed by atoms with van der Waals surface area (Å²) in [7, 11) is 0. The number of para-hydroxylation sites is 2. The van der Waals surface area contributed by atoms with Crippen LogP contribution in [0.25, 0.3) is 21.1 Å². The van der Waals surface area contributed by atoms with E-state index in [0.717, 1.165) is 46.5 Å². The minimum absolute atomic E-state index is 0.0323. The Morgan fingerprint density at radius 2 is 1.97 bits per heavy atom. The van der Waals surface area contributed by atoms with Crippen LogP contribution in [-0.4, -0.2) is 39.8 Å². The van der Waals surface area contributed by atoms with Gasteiger partial charge in [0.15, 0.2) is 0 Å². The predicted octanol–water partition coefficient (Wildman–Crippen LogP) is 4.58. The number of nitrogens with zero attached hydrogens (tertiary/aromatic N) is 2. The van der Waals surface area contributed by atoms with E-state index in [9.17, 15) is 9.59 Å². The van der Waals surface area contributed by atoms with Crippen LogP contribution in [0.3, 0.4) is 0 Å². The van der Waals surface area contributed by atoms with Gasteiger partial charge in [0.2, 0.25) is 11.8 Å². The highest BCUT2D eigenvalue weighted by Gasteiger charge is 2.32. The van der Waals surface area contributed by atoms with Crippen molar-refractivity contribution in [3.8, 4) is 0 Å². The van der Waals surface area contributed by atoms with Crippen LogP contribution in [0.4, 0.5) is 0 Å². The molecule has 2 aromatic heterocycles. The zero-order chi connectivity index (χ0) is 21.9. The van der Waals surface area contributed by atoms with E-state index in [1.165, 1.54) is 10.9 Å². The Morgan fingerprint density at radius 3 is 2.88 bits per heavy atom. The van der Waals surface area contributed by atoms with Crippen LogP contribution >= 0.6 is 11.3 Å². The molecule has 0 unspecified atom stereocenters. The zero-order valence-electron chi connectivity index (χ0n) is 17.8. The second-order valence-electron chi connectivity index (χ2n) is 8.22. The first kappa shape index (κ1) is 20.7. The summed E-state index contributed by atoms with van der Waals surface area (Å²) in [5.41, 5.74) is 3.28. The van der Waals surface area contributed by atoms with Crippen LogP contribution in [-0.2, 0) is 16.0 Å². The molecule has 0 saturated carbocycles. The zero-order valence-corrected chi connectivity index (χ0v) is 18.7. The average Bonchev–Trinajstić information content (AvgIpc) is 3.55. The number of nitrogens with one attached hydrogen (secondary N) is 2. The van der Waals surface area contributed by atoms with E-state index in [1.54, 1.807) is 11.3 Å². The third kappa shape index (κ3) is 4.25. The second kappa shape index (κ2) is 9.12. The normalized spacial score (nSPS) is 16.1. The van der Waals surface area contributed by atoms with Crippen molar-refractivity contribution in [2.75, 3.05) is 13.1 Å². The van der Waals surface area contributed by atoms with E-state index >= 15 is 0 Å². The monoisotopic (exact) mass is 446 g/mol. The molecule has 2 N–H and O–H groups in total. The fourth-order valence-electron chi connectivity index (χ4n) is 4.48. The number of H-pyrrole nitrogens is 1. The fraction of sp³-hybridized carbons (Fsp3) is 0.320. The van der Waals surface area contributed by atoms with Crippen molar-refractivity contribution in [1.82, 2.24) is 20.2 Å². The SMILES string of the molecule is O=C(CCC(=O)N1CCC[C@H]1c1nc2ccccc2s1)NCCc1c[nH]c2ccccc12. The van der Waals surface area contributed by atoms with Gasteiger partial charge >= 0.3 is 0 Å². The summed E-state index contributed by atoms with van der Waals surface area (Å²) in [6, 6.07) is 16.3. The van der Waals surface area contributed by atoms with Gasteiger partial charge in [-0.2, -0.15) is 0 Å². The van der Waals surface area contributed by atoms with Crippen LogP contribution in [0.15, 0.2) is 54.7 Å². The summed E-state index contributed by atoms with van der Waals surface area (Å²) < 4.78 is 1.15. The minimum Gasteiger partial charge on any atom is -0.361 e. The van der Waals surface area contributed by atoms with Crippen LogP contribution < -0.4 is 5.32 Å². The summed E-state index contributed by atoms with van der Waals surface area (Å²) in [5.74, 6) is -0.0348. The van der Waals surface area contributed by atoms with E-state index in [0.29, 0.717) is 6.54 Å². The third-order valence-corrected chi connectivity index (χ3v) is 7.26. The number of thiazole rings is 1. The average molecular weight is 447 g/mol. The number of benzene rings is 2. The molecular weight excluding hydrogens is 420 g/mol. The molecule has 1 atom stereocenters. The maximum atomic E-state index is 12.9. The molecule has 32 heavy (non-hydrogen) atoms. The topological polar surface area (TPSA) is 78.1 Å². The lowest BCUT2D eigenvalue weighted by atomic mass is 10.1.